The first-order valence-corrected chi connectivity index (χ1v) is 6.54. The Morgan fingerprint density at radius 1 is 1.56 bits per heavy atom. The molecule has 0 spiro atoms. The van der Waals surface area contributed by atoms with Crippen LogP contribution in [-0.4, -0.2) is 26.2 Å². The average Bonchev–Trinajstić information content (AvgIpc) is 2.78. The number of carbonyl (C=O) groups is 1. The minimum Gasteiger partial charge on any atom is -0.465 e. The Labute approximate surface area is 99.8 Å². The summed E-state index contributed by atoms with van der Waals surface area (Å²) in [5.41, 5.74) is 0.691. The Hall–Kier alpha value is -0.870. The maximum atomic E-state index is 11.3. The highest BCUT2D eigenvalue weighted by Crippen LogP contribution is 2.23. The molecule has 1 N–H and O–H groups in total. The van der Waals surface area contributed by atoms with E-state index in [1.165, 1.54) is 24.8 Å². The fourth-order valence-corrected chi connectivity index (χ4v) is 3.05. The standard InChI is InChI=1S/C12H17NO2S/c1-15-12(14)10-7-11(16-8-10)6-9-2-4-13-5-3-9/h7-9,13H,2-6H2,1H3. The third-order valence-electron chi connectivity index (χ3n) is 3.02. The molecule has 88 valence electrons. The van der Waals surface area contributed by atoms with Gasteiger partial charge in [-0.25, -0.2) is 4.79 Å². The summed E-state index contributed by atoms with van der Waals surface area (Å²) in [5.74, 6) is 0.540. The molecule has 0 radical (unpaired) electrons. The molecule has 0 atom stereocenters. The first-order chi connectivity index (χ1) is 7.79. The Balaban J connectivity index is 1.94. The van der Waals surface area contributed by atoms with Gasteiger partial charge >= 0.3 is 5.97 Å². The van der Waals surface area contributed by atoms with Gasteiger partial charge < -0.3 is 10.1 Å². The number of carbonyl (C=O) groups excluding carboxylic acids is 1. The Bertz CT molecular complexity index is 356. The lowest BCUT2D eigenvalue weighted by molar-refractivity contribution is 0.0601. The molecular formula is C12H17NO2S. The zero-order valence-corrected chi connectivity index (χ0v) is 10.3. The van der Waals surface area contributed by atoms with Crippen molar-refractivity contribution in [3.63, 3.8) is 0 Å². The second-order valence-electron chi connectivity index (χ2n) is 4.19. The van der Waals surface area contributed by atoms with Crippen LogP contribution in [0, 0.1) is 5.92 Å². The van der Waals surface area contributed by atoms with Gasteiger partial charge in [-0.05, 0) is 44.3 Å². The second kappa shape index (κ2) is 5.46. The molecule has 1 fully saturated rings. The number of hydrogen-bond donors (Lipinski definition) is 1. The van der Waals surface area contributed by atoms with Crippen LogP contribution in [0.25, 0.3) is 0 Å². The molecule has 0 saturated carbocycles. The lowest BCUT2D eigenvalue weighted by atomic mass is 9.94. The predicted molar refractivity (Wildman–Crippen MR) is 65.0 cm³/mol. The number of piperidine rings is 1. The Morgan fingerprint density at radius 2 is 2.31 bits per heavy atom. The molecule has 3 nitrogen and oxygen atoms in total. The summed E-state index contributed by atoms with van der Waals surface area (Å²) >= 11 is 1.67. The smallest absolute Gasteiger partial charge is 0.338 e. The van der Waals surface area contributed by atoms with E-state index in [4.69, 9.17) is 4.74 Å². The van der Waals surface area contributed by atoms with Gasteiger partial charge in [0.25, 0.3) is 0 Å². The summed E-state index contributed by atoms with van der Waals surface area (Å²) in [5, 5.41) is 5.25. The first kappa shape index (κ1) is 11.6. The molecule has 0 amide bonds. The van der Waals surface area contributed by atoms with Gasteiger partial charge in [0.15, 0.2) is 0 Å². The average molecular weight is 239 g/mol. The van der Waals surface area contributed by atoms with Crippen LogP contribution in [0.15, 0.2) is 11.4 Å². The van der Waals surface area contributed by atoms with Crippen LogP contribution in [0.2, 0.25) is 0 Å². The van der Waals surface area contributed by atoms with Gasteiger partial charge in [-0.2, -0.15) is 0 Å². The quantitative estimate of drug-likeness (QED) is 0.821. The third kappa shape index (κ3) is 2.83. The molecule has 16 heavy (non-hydrogen) atoms. The van der Waals surface area contributed by atoms with Crippen molar-refractivity contribution in [1.82, 2.24) is 5.32 Å². The normalized spacial score (nSPS) is 17.3. The second-order valence-corrected chi connectivity index (χ2v) is 5.19. The van der Waals surface area contributed by atoms with E-state index >= 15 is 0 Å². The van der Waals surface area contributed by atoms with E-state index in [-0.39, 0.29) is 5.97 Å². The van der Waals surface area contributed by atoms with Gasteiger partial charge in [0.1, 0.15) is 0 Å². The number of rotatable bonds is 3. The van der Waals surface area contributed by atoms with Gasteiger partial charge in [-0.1, -0.05) is 0 Å². The van der Waals surface area contributed by atoms with Crippen LogP contribution >= 0.6 is 11.3 Å². The molecule has 1 aliphatic heterocycles. The summed E-state index contributed by atoms with van der Waals surface area (Å²) in [6, 6.07) is 1.97. The van der Waals surface area contributed by atoms with Crippen molar-refractivity contribution in [2.75, 3.05) is 20.2 Å². The lowest BCUT2D eigenvalue weighted by Crippen LogP contribution is -2.28. The third-order valence-corrected chi connectivity index (χ3v) is 3.98. The van der Waals surface area contributed by atoms with Gasteiger partial charge in [0, 0.05) is 10.3 Å². The fraction of sp³-hybridized carbons (Fsp3) is 0.583. The molecule has 1 aromatic rings. The minimum absolute atomic E-state index is 0.229. The van der Waals surface area contributed by atoms with Crippen molar-refractivity contribution >= 4 is 17.3 Å². The number of nitrogens with one attached hydrogen (secondary N) is 1. The van der Waals surface area contributed by atoms with Gasteiger partial charge in [0.05, 0.1) is 12.7 Å². The molecule has 1 saturated heterocycles. The highest BCUT2D eigenvalue weighted by Gasteiger charge is 2.15. The van der Waals surface area contributed by atoms with Gasteiger partial charge in [0.2, 0.25) is 0 Å². The monoisotopic (exact) mass is 239 g/mol. The van der Waals surface area contributed by atoms with Crippen LogP contribution in [0.1, 0.15) is 28.1 Å². The number of thiophene rings is 1. The van der Waals surface area contributed by atoms with Crippen LogP contribution in [-0.2, 0) is 11.2 Å². The van der Waals surface area contributed by atoms with Gasteiger partial charge in [-0.15, -0.1) is 11.3 Å². The van der Waals surface area contributed by atoms with E-state index in [0.717, 1.165) is 25.4 Å². The maximum Gasteiger partial charge on any atom is 0.338 e. The van der Waals surface area contributed by atoms with Crippen molar-refractivity contribution in [1.29, 1.82) is 0 Å². The fourth-order valence-electron chi connectivity index (χ4n) is 2.08. The Kier molecular flexibility index (Phi) is 3.96. The van der Waals surface area contributed by atoms with E-state index in [9.17, 15) is 4.79 Å². The van der Waals surface area contributed by atoms with E-state index < -0.39 is 0 Å². The summed E-state index contributed by atoms with van der Waals surface area (Å²) in [7, 11) is 1.42. The van der Waals surface area contributed by atoms with E-state index in [2.05, 4.69) is 5.32 Å². The summed E-state index contributed by atoms with van der Waals surface area (Å²) < 4.78 is 4.70. The molecule has 0 unspecified atom stereocenters. The first-order valence-electron chi connectivity index (χ1n) is 5.66. The molecule has 1 aromatic heterocycles. The molecule has 0 aromatic carbocycles. The number of hydrogen-bond acceptors (Lipinski definition) is 4. The van der Waals surface area contributed by atoms with Crippen molar-refractivity contribution in [2.45, 2.75) is 19.3 Å². The summed E-state index contributed by atoms with van der Waals surface area (Å²) in [6.45, 7) is 2.25. The molecule has 1 aliphatic rings. The number of ether oxygens (including phenoxy) is 1. The Morgan fingerprint density at radius 3 is 3.00 bits per heavy atom. The highest BCUT2D eigenvalue weighted by molar-refractivity contribution is 7.10. The molecule has 2 heterocycles. The largest absolute Gasteiger partial charge is 0.465 e. The maximum absolute atomic E-state index is 11.3. The SMILES string of the molecule is COC(=O)c1csc(CC2CCNCC2)c1. The minimum atomic E-state index is -0.229. The zero-order chi connectivity index (χ0) is 11.4. The van der Waals surface area contributed by atoms with Crippen molar-refractivity contribution < 1.29 is 9.53 Å². The van der Waals surface area contributed by atoms with Crippen molar-refractivity contribution in [2.24, 2.45) is 5.92 Å². The summed E-state index contributed by atoms with van der Waals surface area (Å²) in [4.78, 5) is 12.6. The molecule has 0 bridgehead atoms. The van der Waals surface area contributed by atoms with Crippen molar-refractivity contribution in [3.8, 4) is 0 Å². The van der Waals surface area contributed by atoms with Crippen LogP contribution in [0.4, 0.5) is 0 Å². The number of methoxy groups -OCH3 is 1. The van der Waals surface area contributed by atoms with E-state index in [1.807, 2.05) is 11.4 Å². The molecule has 0 aliphatic carbocycles. The van der Waals surface area contributed by atoms with E-state index in [1.54, 1.807) is 11.3 Å². The number of esters is 1. The molecular weight excluding hydrogens is 222 g/mol. The van der Waals surface area contributed by atoms with Gasteiger partial charge in [-0.3, -0.25) is 0 Å². The van der Waals surface area contributed by atoms with E-state index in [0.29, 0.717) is 5.56 Å². The lowest BCUT2D eigenvalue weighted by Gasteiger charge is -2.21. The zero-order valence-electron chi connectivity index (χ0n) is 9.49. The summed E-state index contributed by atoms with van der Waals surface area (Å²) in [6.07, 6.45) is 3.58. The topological polar surface area (TPSA) is 38.3 Å². The molecule has 4 heteroatoms. The molecule has 2 rings (SSSR count). The van der Waals surface area contributed by atoms with Crippen LogP contribution in [0.5, 0.6) is 0 Å². The van der Waals surface area contributed by atoms with Crippen LogP contribution in [0.3, 0.4) is 0 Å². The van der Waals surface area contributed by atoms with Crippen LogP contribution < -0.4 is 5.32 Å². The predicted octanol–water partition coefficient (Wildman–Crippen LogP) is 2.08. The highest BCUT2D eigenvalue weighted by atomic mass is 32.1. The van der Waals surface area contributed by atoms with Crippen molar-refractivity contribution in [3.05, 3.63) is 21.9 Å².